The van der Waals surface area contributed by atoms with Crippen LogP contribution in [0.15, 0.2) is 30.6 Å². The Bertz CT molecular complexity index is 761. The number of amides is 1. The highest BCUT2D eigenvalue weighted by atomic mass is 16.1. The Balaban J connectivity index is 1.80. The number of pyridine rings is 1. The summed E-state index contributed by atoms with van der Waals surface area (Å²) in [5.41, 5.74) is 5.91. The molecule has 1 aliphatic rings. The van der Waals surface area contributed by atoms with E-state index in [2.05, 4.69) is 41.2 Å². The molecular formula is C21H27N3O. The fourth-order valence-corrected chi connectivity index (χ4v) is 3.71. The maximum absolute atomic E-state index is 12.7. The van der Waals surface area contributed by atoms with Crippen molar-refractivity contribution in [3.63, 3.8) is 0 Å². The number of carbonyl (C=O) groups is 1. The summed E-state index contributed by atoms with van der Waals surface area (Å²) in [5.74, 6) is 0.582. The molecule has 1 aliphatic heterocycles. The summed E-state index contributed by atoms with van der Waals surface area (Å²) in [4.78, 5) is 19.4. The molecule has 4 heteroatoms. The molecule has 1 amide bonds. The molecule has 132 valence electrons. The van der Waals surface area contributed by atoms with Crippen molar-refractivity contribution in [3.05, 3.63) is 52.8 Å². The quantitative estimate of drug-likeness (QED) is 0.897. The number of anilines is 2. The minimum atomic E-state index is -0.102. The van der Waals surface area contributed by atoms with E-state index in [9.17, 15) is 4.79 Å². The largest absolute Gasteiger partial charge is 0.370 e. The van der Waals surface area contributed by atoms with Crippen LogP contribution in [-0.4, -0.2) is 24.0 Å². The van der Waals surface area contributed by atoms with E-state index < -0.39 is 0 Å². The fraction of sp³-hybridized carbons (Fsp3) is 0.429. The minimum absolute atomic E-state index is 0.102. The van der Waals surface area contributed by atoms with Crippen LogP contribution in [0.3, 0.4) is 0 Å². The van der Waals surface area contributed by atoms with Gasteiger partial charge in [-0.15, -0.1) is 0 Å². The monoisotopic (exact) mass is 337 g/mol. The van der Waals surface area contributed by atoms with Crippen molar-refractivity contribution in [2.24, 2.45) is 5.92 Å². The van der Waals surface area contributed by atoms with Crippen LogP contribution in [-0.2, 0) is 0 Å². The molecule has 3 rings (SSSR count). The summed E-state index contributed by atoms with van der Waals surface area (Å²) in [5, 5.41) is 3.06. The van der Waals surface area contributed by atoms with Gasteiger partial charge >= 0.3 is 0 Å². The van der Waals surface area contributed by atoms with Crippen molar-refractivity contribution < 1.29 is 4.79 Å². The smallest absolute Gasteiger partial charge is 0.257 e. The van der Waals surface area contributed by atoms with Crippen molar-refractivity contribution in [2.75, 3.05) is 23.3 Å². The first-order chi connectivity index (χ1) is 11.9. The number of benzene rings is 1. The zero-order chi connectivity index (χ0) is 18.0. The number of hydrogen-bond acceptors (Lipinski definition) is 3. The number of aromatic nitrogens is 1. The normalized spacial score (nSPS) is 17.4. The van der Waals surface area contributed by atoms with Gasteiger partial charge in [-0.2, -0.15) is 0 Å². The van der Waals surface area contributed by atoms with E-state index in [-0.39, 0.29) is 5.91 Å². The molecular weight excluding hydrogens is 310 g/mol. The van der Waals surface area contributed by atoms with Crippen LogP contribution in [0.2, 0.25) is 0 Å². The Labute approximate surface area is 150 Å². The van der Waals surface area contributed by atoms with Gasteiger partial charge in [0.25, 0.3) is 5.91 Å². The third-order valence-electron chi connectivity index (χ3n) is 4.92. The molecule has 0 spiro atoms. The Morgan fingerprint density at radius 3 is 2.56 bits per heavy atom. The van der Waals surface area contributed by atoms with E-state index in [4.69, 9.17) is 0 Å². The molecule has 0 bridgehead atoms. The average molecular weight is 337 g/mol. The minimum Gasteiger partial charge on any atom is -0.370 e. The molecule has 1 N–H and O–H groups in total. The van der Waals surface area contributed by atoms with Crippen LogP contribution in [0.25, 0.3) is 0 Å². The van der Waals surface area contributed by atoms with Crippen molar-refractivity contribution >= 4 is 17.3 Å². The van der Waals surface area contributed by atoms with Crippen molar-refractivity contribution in [2.45, 2.75) is 40.5 Å². The number of carbonyl (C=O) groups excluding carboxylic acids is 1. The van der Waals surface area contributed by atoms with Gasteiger partial charge in [-0.3, -0.25) is 9.78 Å². The third kappa shape index (κ3) is 4.01. The van der Waals surface area contributed by atoms with Gasteiger partial charge in [0.15, 0.2) is 0 Å². The van der Waals surface area contributed by atoms with Gasteiger partial charge in [0.05, 0.1) is 17.4 Å². The number of piperidine rings is 1. The molecule has 4 nitrogen and oxygen atoms in total. The molecule has 1 aromatic carbocycles. The van der Waals surface area contributed by atoms with E-state index in [1.807, 2.05) is 26.1 Å². The summed E-state index contributed by atoms with van der Waals surface area (Å²) < 4.78 is 0. The first kappa shape index (κ1) is 17.5. The maximum atomic E-state index is 12.7. The number of hydrogen-bond donors (Lipinski definition) is 1. The summed E-state index contributed by atoms with van der Waals surface area (Å²) in [6.07, 6.45) is 5.97. The molecule has 1 saturated heterocycles. The highest BCUT2D eigenvalue weighted by molar-refractivity contribution is 6.05. The Kier molecular flexibility index (Phi) is 5.07. The molecule has 1 fully saturated rings. The Morgan fingerprint density at radius 1 is 1.16 bits per heavy atom. The van der Waals surface area contributed by atoms with Crippen molar-refractivity contribution in [1.29, 1.82) is 0 Å². The standard InChI is InChI=1S/C21H27N3O/c1-14-6-5-7-24(13-14)19-10-18(11-22-12-19)21(25)23-20-16(3)8-15(2)9-17(20)4/h8-12,14H,5-7,13H2,1-4H3,(H,23,25). The van der Waals surface area contributed by atoms with E-state index >= 15 is 0 Å². The summed E-state index contributed by atoms with van der Waals surface area (Å²) >= 11 is 0. The molecule has 0 radical (unpaired) electrons. The van der Waals surface area contributed by atoms with Gasteiger partial charge in [0.2, 0.25) is 0 Å². The predicted molar refractivity (Wildman–Crippen MR) is 103 cm³/mol. The molecule has 0 aliphatic carbocycles. The lowest BCUT2D eigenvalue weighted by molar-refractivity contribution is 0.102. The zero-order valence-electron chi connectivity index (χ0n) is 15.6. The van der Waals surface area contributed by atoms with Crippen LogP contribution in [0, 0.1) is 26.7 Å². The molecule has 25 heavy (non-hydrogen) atoms. The third-order valence-corrected chi connectivity index (χ3v) is 4.92. The van der Waals surface area contributed by atoms with Crippen molar-refractivity contribution in [3.8, 4) is 0 Å². The summed E-state index contributed by atoms with van der Waals surface area (Å²) in [6, 6.07) is 6.14. The number of nitrogens with zero attached hydrogens (tertiary/aromatic N) is 2. The lowest BCUT2D eigenvalue weighted by Gasteiger charge is -2.32. The van der Waals surface area contributed by atoms with Gasteiger partial charge in [-0.25, -0.2) is 0 Å². The predicted octanol–water partition coefficient (Wildman–Crippen LogP) is 4.50. The van der Waals surface area contributed by atoms with E-state index in [0.29, 0.717) is 11.5 Å². The molecule has 2 aromatic rings. The lowest BCUT2D eigenvalue weighted by atomic mass is 10.00. The SMILES string of the molecule is Cc1cc(C)c(NC(=O)c2cncc(N3CCCC(C)C3)c2)c(C)c1. The van der Waals surface area contributed by atoms with Gasteiger partial charge in [0, 0.05) is 25.0 Å². The molecule has 1 atom stereocenters. The zero-order valence-corrected chi connectivity index (χ0v) is 15.6. The molecule has 1 aromatic heterocycles. The van der Waals surface area contributed by atoms with Gasteiger partial charge in [0.1, 0.15) is 0 Å². The molecule has 0 saturated carbocycles. The summed E-state index contributed by atoms with van der Waals surface area (Å²) in [6.45, 7) is 10.5. The van der Waals surface area contributed by atoms with Gasteiger partial charge in [-0.1, -0.05) is 24.6 Å². The number of rotatable bonds is 3. The topological polar surface area (TPSA) is 45.2 Å². The summed E-state index contributed by atoms with van der Waals surface area (Å²) in [7, 11) is 0. The van der Waals surface area contributed by atoms with E-state index in [0.717, 1.165) is 35.6 Å². The Morgan fingerprint density at radius 2 is 1.88 bits per heavy atom. The van der Waals surface area contributed by atoms with E-state index in [1.54, 1.807) is 6.20 Å². The van der Waals surface area contributed by atoms with Gasteiger partial charge in [-0.05, 0) is 56.7 Å². The highest BCUT2D eigenvalue weighted by Crippen LogP contribution is 2.25. The molecule has 1 unspecified atom stereocenters. The van der Waals surface area contributed by atoms with E-state index in [1.165, 1.54) is 18.4 Å². The lowest BCUT2D eigenvalue weighted by Crippen LogP contribution is -2.34. The van der Waals surface area contributed by atoms with Crippen molar-refractivity contribution in [1.82, 2.24) is 4.98 Å². The van der Waals surface area contributed by atoms with Crippen LogP contribution < -0.4 is 10.2 Å². The second-order valence-corrected chi connectivity index (χ2v) is 7.35. The number of aryl methyl sites for hydroxylation is 3. The van der Waals surface area contributed by atoms with Crippen LogP contribution in [0.1, 0.15) is 46.8 Å². The Hall–Kier alpha value is -2.36. The molecule has 2 heterocycles. The second kappa shape index (κ2) is 7.26. The first-order valence-electron chi connectivity index (χ1n) is 9.03. The van der Waals surface area contributed by atoms with Crippen LogP contribution in [0.5, 0.6) is 0 Å². The van der Waals surface area contributed by atoms with Gasteiger partial charge < -0.3 is 10.2 Å². The highest BCUT2D eigenvalue weighted by Gasteiger charge is 2.18. The maximum Gasteiger partial charge on any atom is 0.257 e. The fourth-order valence-electron chi connectivity index (χ4n) is 3.71. The number of nitrogens with one attached hydrogen (secondary N) is 1. The van der Waals surface area contributed by atoms with Crippen LogP contribution >= 0.6 is 0 Å². The van der Waals surface area contributed by atoms with Crippen LogP contribution in [0.4, 0.5) is 11.4 Å². The first-order valence-corrected chi connectivity index (χ1v) is 9.03. The second-order valence-electron chi connectivity index (χ2n) is 7.35. The average Bonchev–Trinajstić information content (AvgIpc) is 2.58.